The molecule has 2 aromatic heterocycles. The van der Waals surface area contributed by atoms with E-state index in [1.807, 2.05) is 0 Å². The molecule has 0 N–H and O–H groups in total. The average molecular weight is 597 g/mol. The van der Waals surface area contributed by atoms with Gasteiger partial charge in [0.15, 0.2) is 0 Å². The molecule has 0 radical (unpaired) electrons. The van der Waals surface area contributed by atoms with Crippen LogP contribution in [0.1, 0.15) is 52.7 Å². The third-order valence-corrected chi connectivity index (χ3v) is 9.61. The van der Waals surface area contributed by atoms with Crippen molar-refractivity contribution in [1.82, 2.24) is 9.13 Å². The Balaban J connectivity index is 1.50. The van der Waals surface area contributed by atoms with Crippen molar-refractivity contribution in [3.8, 4) is 22.5 Å². The van der Waals surface area contributed by atoms with Gasteiger partial charge in [0.2, 0.25) is 0 Å². The van der Waals surface area contributed by atoms with Gasteiger partial charge in [0.1, 0.15) is 0 Å². The molecule has 2 heterocycles. The van der Waals surface area contributed by atoms with E-state index in [0.717, 1.165) is 11.4 Å². The van der Waals surface area contributed by atoms with E-state index >= 15 is 0 Å². The number of nitrogens with zero attached hydrogens (tertiary/aromatic N) is 2. The average Bonchev–Trinajstić information content (AvgIpc) is 3.56. The summed E-state index contributed by atoms with van der Waals surface area (Å²) in [4.78, 5) is 0. The molecule has 0 atom stereocenters. The summed E-state index contributed by atoms with van der Waals surface area (Å²) in [5.41, 5.74) is 12.4. The van der Waals surface area contributed by atoms with E-state index in [9.17, 15) is 0 Å². The van der Waals surface area contributed by atoms with Crippen LogP contribution < -0.4 is 0 Å². The van der Waals surface area contributed by atoms with E-state index in [1.54, 1.807) is 0 Å². The number of benzene rings is 6. The number of para-hydroxylation sites is 2. The highest BCUT2D eigenvalue weighted by atomic mass is 15.0. The van der Waals surface area contributed by atoms with Gasteiger partial charge in [0.05, 0.1) is 22.1 Å². The molecule has 0 bridgehead atoms. The van der Waals surface area contributed by atoms with Gasteiger partial charge >= 0.3 is 0 Å². The molecule has 0 aliphatic carbocycles. The summed E-state index contributed by atoms with van der Waals surface area (Å²) in [7, 11) is 0. The van der Waals surface area contributed by atoms with Crippen molar-refractivity contribution in [2.45, 2.75) is 52.4 Å². The van der Waals surface area contributed by atoms with Gasteiger partial charge < -0.3 is 9.13 Å². The smallest absolute Gasteiger partial charge is 0.0544 e. The molecule has 6 aromatic carbocycles. The second-order valence-corrected chi connectivity index (χ2v) is 14.8. The zero-order chi connectivity index (χ0) is 31.8. The Kier molecular flexibility index (Phi) is 6.31. The number of rotatable bonds is 3. The topological polar surface area (TPSA) is 9.86 Å². The van der Waals surface area contributed by atoms with Crippen LogP contribution in [0.5, 0.6) is 0 Å². The quantitative estimate of drug-likeness (QED) is 0.192. The standard InChI is InChI=1S/C44H40N2/c1-43(2,3)31-20-22-37-35-16-10-12-18-39(35)45(41(37)26-31)33-24-30(29-14-8-7-9-15-29)25-34(28-33)46-40-19-13-11-17-36(40)38-23-21-32(27-42(38)46)44(4,5)6/h7-28H,1-6H3. The Morgan fingerprint density at radius 3 is 1.22 bits per heavy atom. The molecule has 8 aromatic rings. The van der Waals surface area contributed by atoms with E-state index in [-0.39, 0.29) is 10.8 Å². The highest BCUT2D eigenvalue weighted by molar-refractivity contribution is 6.11. The Morgan fingerprint density at radius 2 is 0.761 bits per heavy atom. The third kappa shape index (κ3) is 4.55. The van der Waals surface area contributed by atoms with Crippen LogP contribution in [0, 0.1) is 0 Å². The van der Waals surface area contributed by atoms with Crippen molar-refractivity contribution in [3.05, 3.63) is 145 Å². The summed E-state index contributed by atoms with van der Waals surface area (Å²) < 4.78 is 4.95. The first kappa shape index (κ1) is 28.4. The van der Waals surface area contributed by atoms with Crippen LogP contribution in [0.25, 0.3) is 66.1 Å². The van der Waals surface area contributed by atoms with Gasteiger partial charge in [-0.05, 0) is 75.5 Å². The minimum Gasteiger partial charge on any atom is -0.309 e. The summed E-state index contributed by atoms with van der Waals surface area (Å²) in [6.45, 7) is 13.8. The molecule has 0 aliphatic rings. The summed E-state index contributed by atoms with van der Waals surface area (Å²) >= 11 is 0. The molecule has 0 aliphatic heterocycles. The van der Waals surface area contributed by atoms with Gasteiger partial charge in [0.25, 0.3) is 0 Å². The molecule has 226 valence electrons. The summed E-state index contributed by atoms with van der Waals surface area (Å²) in [5, 5.41) is 5.11. The predicted octanol–water partition coefficient (Wildman–Crippen LogP) is 12.1. The maximum atomic E-state index is 2.48. The van der Waals surface area contributed by atoms with Crippen molar-refractivity contribution >= 4 is 43.6 Å². The van der Waals surface area contributed by atoms with E-state index in [0.29, 0.717) is 0 Å². The Hall–Kier alpha value is -5.08. The maximum Gasteiger partial charge on any atom is 0.0544 e. The first-order valence-corrected chi connectivity index (χ1v) is 16.4. The van der Waals surface area contributed by atoms with Crippen molar-refractivity contribution in [2.75, 3.05) is 0 Å². The number of fused-ring (bicyclic) bond motifs is 6. The van der Waals surface area contributed by atoms with Gasteiger partial charge in [-0.25, -0.2) is 0 Å². The second-order valence-electron chi connectivity index (χ2n) is 14.8. The molecule has 46 heavy (non-hydrogen) atoms. The fourth-order valence-electron chi connectivity index (χ4n) is 7.08. The molecular formula is C44H40N2. The van der Waals surface area contributed by atoms with Crippen molar-refractivity contribution in [3.63, 3.8) is 0 Å². The van der Waals surface area contributed by atoms with Gasteiger partial charge in [-0.2, -0.15) is 0 Å². The third-order valence-electron chi connectivity index (χ3n) is 9.61. The maximum absolute atomic E-state index is 2.48. The lowest BCUT2D eigenvalue weighted by atomic mass is 9.86. The van der Waals surface area contributed by atoms with Crippen LogP contribution in [-0.4, -0.2) is 9.13 Å². The molecular weight excluding hydrogens is 556 g/mol. The lowest BCUT2D eigenvalue weighted by molar-refractivity contribution is 0.590. The fourth-order valence-corrected chi connectivity index (χ4v) is 7.08. The number of hydrogen-bond acceptors (Lipinski definition) is 0. The minimum atomic E-state index is 0.0419. The van der Waals surface area contributed by atoms with Crippen molar-refractivity contribution in [2.24, 2.45) is 0 Å². The fraction of sp³-hybridized carbons (Fsp3) is 0.182. The van der Waals surface area contributed by atoms with Crippen LogP contribution in [0.2, 0.25) is 0 Å². The molecule has 0 unspecified atom stereocenters. The highest BCUT2D eigenvalue weighted by Gasteiger charge is 2.21. The normalized spacial score (nSPS) is 12.6. The molecule has 0 saturated heterocycles. The molecule has 0 spiro atoms. The molecule has 8 rings (SSSR count). The van der Waals surface area contributed by atoms with Crippen LogP contribution in [0.3, 0.4) is 0 Å². The van der Waals surface area contributed by atoms with Crippen molar-refractivity contribution in [1.29, 1.82) is 0 Å². The molecule has 0 fully saturated rings. The van der Waals surface area contributed by atoms with Gasteiger partial charge in [-0.3, -0.25) is 0 Å². The SMILES string of the molecule is CC(C)(C)c1ccc2c3ccccc3n(-c3cc(-c4ccccc4)cc(-n4c5ccccc5c5ccc(C(C)(C)C)cc54)c3)c2c1. The number of aromatic nitrogens is 2. The molecule has 2 heteroatoms. The molecule has 2 nitrogen and oxygen atoms in total. The monoisotopic (exact) mass is 596 g/mol. The van der Waals surface area contributed by atoms with Gasteiger partial charge in [0, 0.05) is 32.9 Å². The van der Waals surface area contributed by atoms with Gasteiger partial charge in [-0.15, -0.1) is 0 Å². The van der Waals surface area contributed by atoms with E-state index < -0.39 is 0 Å². The second kappa shape index (κ2) is 10.2. The largest absolute Gasteiger partial charge is 0.309 e. The number of hydrogen-bond donors (Lipinski definition) is 0. The Bertz CT molecular complexity index is 2270. The molecule has 0 saturated carbocycles. The van der Waals surface area contributed by atoms with Gasteiger partial charge in [-0.1, -0.05) is 133 Å². The predicted molar refractivity (Wildman–Crippen MR) is 198 cm³/mol. The summed E-state index contributed by atoms with van der Waals surface area (Å²) in [5.74, 6) is 0. The Morgan fingerprint density at radius 1 is 0.348 bits per heavy atom. The van der Waals surface area contributed by atoms with Crippen LogP contribution >= 0.6 is 0 Å². The zero-order valence-electron chi connectivity index (χ0n) is 27.6. The lowest BCUT2D eigenvalue weighted by Crippen LogP contribution is -2.11. The van der Waals surface area contributed by atoms with Crippen LogP contribution in [0.15, 0.2) is 133 Å². The van der Waals surface area contributed by atoms with Crippen LogP contribution in [-0.2, 0) is 10.8 Å². The Labute approximate surface area is 271 Å². The first-order chi connectivity index (χ1) is 22.1. The molecule has 0 amide bonds. The van der Waals surface area contributed by atoms with E-state index in [4.69, 9.17) is 0 Å². The summed E-state index contributed by atoms with van der Waals surface area (Å²) in [6.07, 6.45) is 0. The highest BCUT2D eigenvalue weighted by Crippen LogP contribution is 2.39. The van der Waals surface area contributed by atoms with Crippen LogP contribution in [0.4, 0.5) is 0 Å². The van der Waals surface area contributed by atoms with E-state index in [2.05, 4.69) is 184 Å². The summed E-state index contributed by atoms with van der Waals surface area (Å²) in [6, 6.07) is 49.6. The van der Waals surface area contributed by atoms with Crippen molar-refractivity contribution < 1.29 is 0 Å². The van der Waals surface area contributed by atoms with E-state index in [1.165, 1.54) is 65.9 Å². The lowest BCUT2D eigenvalue weighted by Gasteiger charge is -2.20. The minimum absolute atomic E-state index is 0.0419. The first-order valence-electron chi connectivity index (χ1n) is 16.4. The zero-order valence-corrected chi connectivity index (χ0v) is 27.6.